The SMILES string of the molecule is COC(=O)c1nc(C(F)(F)F)n2c1CNCC2.NC(=O)c1nc(C(F)(F)F)n2c1CN(C(=O)c1cc(Cc3n[nH]c(=O)c4ccccc34)ccc1F)CC2.NC(=O)c1nc(C(F)(F)F)n2c1CN(C(=O)c1cc(Cc3n[nH]c(=O)c4ccccc34)ccc1F)CC2.NC(=O)c1nc(C(F)(F)F)n2c1CNCC2.O=C(O)c1cc(Cc2n[nH]c(=O)c3ccccc23)ccc1F. The van der Waals surface area contributed by atoms with Crippen molar-refractivity contribution in [3.05, 3.63) is 295 Å². The number of ether oxygens (including phenoxy) is 1. The molecular weight excluding hydrogens is 1740 g/mol. The van der Waals surface area contributed by atoms with Crippen LogP contribution in [0.5, 0.6) is 0 Å². The molecule has 0 saturated heterocycles. The first-order valence-electron chi connectivity index (χ1n) is 38.1. The molecule has 4 aliphatic heterocycles. The third kappa shape index (κ3) is 19.6. The largest absolute Gasteiger partial charge is 0.478 e. The van der Waals surface area contributed by atoms with Gasteiger partial charge in [-0.2, -0.15) is 68.0 Å². The van der Waals surface area contributed by atoms with Crippen molar-refractivity contribution in [2.45, 2.75) is 96.3 Å². The maximum absolute atomic E-state index is 14.7. The summed E-state index contributed by atoms with van der Waals surface area (Å²) in [7, 11) is 1.11. The van der Waals surface area contributed by atoms with E-state index in [4.69, 9.17) is 22.3 Å². The van der Waals surface area contributed by atoms with Gasteiger partial charge in [-0.15, -0.1) is 0 Å². The molecule has 7 aromatic heterocycles. The Balaban J connectivity index is 0.000000144. The lowest BCUT2D eigenvalue weighted by Crippen LogP contribution is -2.40. The molecule has 0 spiro atoms. The van der Waals surface area contributed by atoms with Crippen molar-refractivity contribution in [3.63, 3.8) is 0 Å². The zero-order chi connectivity index (χ0) is 93.2. The second-order valence-electron chi connectivity index (χ2n) is 28.8. The maximum Gasteiger partial charge on any atom is 0.449 e. The lowest BCUT2D eigenvalue weighted by molar-refractivity contribution is -0.148. The van der Waals surface area contributed by atoms with E-state index >= 15 is 0 Å². The first-order chi connectivity index (χ1) is 61.0. The van der Waals surface area contributed by atoms with Gasteiger partial charge in [-0.3, -0.25) is 38.4 Å². The van der Waals surface area contributed by atoms with E-state index in [2.05, 4.69) is 65.9 Å². The Bertz CT molecular complexity index is 6590. The van der Waals surface area contributed by atoms with Crippen LogP contribution in [0.25, 0.3) is 32.3 Å². The second-order valence-corrected chi connectivity index (χ2v) is 28.8. The van der Waals surface area contributed by atoms with E-state index in [-0.39, 0.29) is 139 Å². The number of amides is 5. The molecule has 0 saturated carbocycles. The molecule has 13 aromatic rings. The number of aromatic nitrogens is 14. The minimum Gasteiger partial charge on any atom is -0.478 e. The molecule has 129 heavy (non-hydrogen) atoms. The number of carboxylic acids is 1. The molecule has 672 valence electrons. The Morgan fingerprint density at radius 3 is 0.992 bits per heavy atom. The number of benzene rings is 6. The van der Waals surface area contributed by atoms with Gasteiger partial charge in [0.05, 0.1) is 92.9 Å². The molecule has 6 aromatic carbocycles. The number of rotatable bonds is 13. The summed E-state index contributed by atoms with van der Waals surface area (Å²) in [5.41, 5.74) is 15.0. The number of nitrogens with zero attached hydrogens (tertiary/aromatic N) is 13. The van der Waals surface area contributed by atoms with Crippen molar-refractivity contribution >= 4 is 73.8 Å². The minimum atomic E-state index is -4.82. The van der Waals surface area contributed by atoms with Gasteiger partial charge in [-0.1, -0.05) is 72.8 Å². The molecule has 4 aliphatic rings. The lowest BCUT2D eigenvalue weighted by Gasteiger charge is -2.29. The van der Waals surface area contributed by atoms with Crippen molar-refractivity contribution in [1.29, 1.82) is 0 Å². The van der Waals surface area contributed by atoms with Gasteiger partial charge >= 0.3 is 36.6 Å². The third-order valence-electron chi connectivity index (χ3n) is 20.7. The number of esters is 1. The molecule has 12 N–H and O–H groups in total. The molecule has 0 fully saturated rings. The lowest BCUT2D eigenvalue weighted by atomic mass is 10.0. The third-order valence-corrected chi connectivity index (χ3v) is 20.7. The van der Waals surface area contributed by atoms with Crippen LogP contribution in [0.4, 0.5) is 65.9 Å². The smallest absolute Gasteiger partial charge is 0.449 e. The molecule has 17 rings (SSSR count). The number of carbonyl (C=O) groups excluding carboxylic acids is 6. The molecule has 0 unspecified atom stereocenters. The molecular formula is C81H66F15N21O12. The molecule has 0 atom stereocenters. The van der Waals surface area contributed by atoms with Crippen LogP contribution in [0, 0.1) is 17.5 Å². The summed E-state index contributed by atoms with van der Waals surface area (Å²) in [6.07, 6.45) is -18.2. The monoisotopic (exact) mass is 1810 g/mol. The number of carbonyl (C=O) groups is 7. The maximum atomic E-state index is 14.7. The number of methoxy groups -OCH3 is 1. The highest BCUT2D eigenvalue weighted by Crippen LogP contribution is 2.38. The van der Waals surface area contributed by atoms with E-state index in [0.29, 0.717) is 79.2 Å². The number of hydrogen-bond donors (Lipinski definition) is 9. The minimum absolute atomic E-state index is 0.129. The fraction of sp³-hybridized carbons (Fsp3) is 0.247. The predicted octanol–water partition coefficient (Wildman–Crippen LogP) is 8.49. The van der Waals surface area contributed by atoms with Crippen LogP contribution in [-0.2, 0) is 101 Å². The van der Waals surface area contributed by atoms with Crippen LogP contribution in [0.1, 0.15) is 153 Å². The topological polar surface area (TPSA) is 466 Å². The van der Waals surface area contributed by atoms with E-state index in [1.54, 1.807) is 72.8 Å². The average Bonchev–Trinajstić information content (AvgIpc) is 1.61. The highest BCUT2D eigenvalue weighted by molar-refractivity contribution is 5.98. The van der Waals surface area contributed by atoms with E-state index in [1.807, 2.05) is 0 Å². The van der Waals surface area contributed by atoms with Gasteiger partial charge in [0.1, 0.15) is 17.5 Å². The summed E-state index contributed by atoms with van der Waals surface area (Å²) in [4.78, 5) is 135. The number of nitrogens with one attached hydrogen (secondary N) is 5. The number of H-pyrrole nitrogens is 3. The van der Waals surface area contributed by atoms with Crippen LogP contribution in [0.3, 0.4) is 0 Å². The number of alkyl halides is 12. The van der Waals surface area contributed by atoms with Gasteiger partial charge in [0.2, 0.25) is 23.3 Å². The van der Waals surface area contributed by atoms with Crippen molar-refractivity contribution < 1.29 is 109 Å². The van der Waals surface area contributed by atoms with Crippen LogP contribution >= 0.6 is 0 Å². The van der Waals surface area contributed by atoms with Gasteiger partial charge in [-0.05, 0) is 71.3 Å². The van der Waals surface area contributed by atoms with E-state index in [0.717, 1.165) is 53.4 Å². The Hall–Kier alpha value is -15.3. The van der Waals surface area contributed by atoms with Crippen molar-refractivity contribution in [2.75, 3.05) is 33.3 Å². The molecule has 48 heteroatoms. The van der Waals surface area contributed by atoms with Crippen molar-refractivity contribution in [3.8, 4) is 0 Å². The molecule has 11 heterocycles. The Labute approximate surface area is 711 Å². The highest BCUT2D eigenvalue weighted by Gasteiger charge is 2.46. The Morgan fingerprint density at radius 2 is 0.682 bits per heavy atom. The fourth-order valence-electron chi connectivity index (χ4n) is 14.8. The van der Waals surface area contributed by atoms with Gasteiger partial charge in [-0.25, -0.2) is 58.0 Å². The van der Waals surface area contributed by atoms with Gasteiger partial charge in [0.25, 0.3) is 46.2 Å². The van der Waals surface area contributed by atoms with Crippen LogP contribution in [0.2, 0.25) is 0 Å². The number of carboxylic acid groups (broad SMARTS) is 1. The summed E-state index contributed by atoms with van der Waals surface area (Å²) in [6.45, 7) is -0.328. The number of fused-ring (bicyclic) bond motifs is 7. The quantitative estimate of drug-likeness (QED) is 0.0385. The number of aromatic amines is 3. The van der Waals surface area contributed by atoms with Crippen LogP contribution in [-0.4, -0.2) is 158 Å². The van der Waals surface area contributed by atoms with Crippen molar-refractivity contribution in [1.82, 2.24) is 89.2 Å². The summed E-state index contributed by atoms with van der Waals surface area (Å²) < 4.78 is 207. The highest BCUT2D eigenvalue weighted by atomic mass is 19.4. The van der Waals surface area contributed by atoms with E-state index in [9.17, 15) is 114 Å². The zero-order valence-electron chi connectivity index (χ0n) is 66.4. The Kier molecular flexibility index (Phi) is 26.0. The first-order valence-corrected chi connectivity index (χ1v) is 38.1. The summed E-state index contributed by atoms with van der Waals surface area (Å²) in [5, 5.41) is 37.4. The Morgan fingerprint density at radius 1 is 0.395 bits per heavy atom. The number of nitrogens with two attached hydrogens (primary N) is 3. The summed E-state index contributed by atoms with van der Waals surface area (Å²) in [5.74, 6) is -14.1. The van der Waals surface area contributed by atoms with E-state index in [1.165, 1.54) is 36.4 Å². The fourth-order valence-corrected chi connectivity index (χ4v) is 14.8. The first kappa shape index (κ1) is 91.4. The number of halogens is 15. The van der Waals surface area contributed by atoms with Crippen molar-refractivity contribution in [2.24, 2.45) is 17.2 Å². The zero-order valence-corrected chi connectivity index (χ0v) is 66.4. The van der Waals surface area contributed by atoms with E-state index < -0.39 is 131 Å². The van der Waals surface area contributed by atoms with Gasteiger partial charge in [0, 0.05) is 101 Å². The second kappa shape index (κ2) is 36.7. The number of aromatic carboxylic acids is 1. The average molecular weight is 1810 g/mol. The summed E-state index contributed by atoms with van der Waals surface area (Å²) >= 11 is 0. The van der Waals surface area contributed by atoms with Crippen LogP contribution < -0.4 is 44.5 Å². The molecule has 0 radical (unpaired) electrons. The predicted molar refractivity (Wildman–Crippen MR) is 420 cm³/mol. The molecule has 33 nitrogen and oxygen atoms in total. The molecule has 5 amide bonds. The number of primary amides is 3. The summed E-state index contributed by atoms with van der Waals surface area (Å²) in [6, 6.07) is 32.4. The molecule has 0 bridgehead atoms. The number of hydrogen-bond acceptors (Lipinski definition) is 20. The standard InChI is InChI=1S/2C24H18F4N6O3.C16H11FN2O3.C9H10F3N3O2.C8H9F3N4O/c2*25-16-6-5-12(10-17-13-3-1-2-4-14(13)21(36)32-31-17)9-15(16)22(37)33-7-8-34-18(11-33)19(20(29)35)30-23(34)24(26,27)28;17-13-6-5-9(7-12(13)16(21)22)8-14-10-3-1-2-4-11(10)15(20)19-18-14;1-17-7(16)6-5-4-13-2-3-15(5)8(14-6)9(10,11)12;9-8(10,11)7-14-5(6(12)16)4-3-13-1-2-15(4)7/h2*1-6,9H,7-8,10-11H2,(H2,29,35)(H,32,36);1-7H,8H2,(H,19,20)(H,21,22);13H,2-4H2,1H3;13H,1-3H2,(H2,12,16). The number of imidazole rings is 4. The normalized spacial score (nSPS) is 13.6. The van der Waals surface area contributed by atoms with Gasteiger partial charge in [0.15, 0.2) is 22.8 Å². The van der Waals surface area contributed by atoms with Crippen LogP contribution in [0.15, 0.2) is 142 Å². The molecule has 0 aliphatic carbocycles. The van der Waals surface area contributed by atoms with Gasteiger partial charge < -0.3 is 65.7 Å².